The molecule has 1 atom stereocenters. The molecular weight excluding hydrogens is 429 g/mol. The van der Waals surface area contributed by atoms with Crippen LogP contribution in [0, 0.1) is 5.82 Å². The number of carbonyl (C=O) groups is 1. The summed E-state index contributed by atoms with van der Waals surface area (Å²) in [4.78, 5) is 19.3. The highest BCUT2D eigenvalue weighted by Crippen LogP contribution is 2.36. The average molecular weight is 446 g/mol. The van der Waals surface area contributed by atoms with E-state index in [1.165, 1.54) is 12.1 Å². The summed E-state index contributed by atoms with van der Waals surface area (Å²) in [7, 11) is 0. The van der Waals surface area contributed by atoms with Crippen LogP contribution in [0.5, 0.6) is 0 Å². The van der Waals surface area contributed by atoms with Crippen molar-refractivity contribution >= 4 is 39.0 Å². The highest BCUT2D eigenvalue weighted by Gasteiger charge is 2.32. The first-order valence-corrected chi connectivity index (χ1v) is 10.3. The molecule has 1 aliphatic heterocycles. The molecule has 2 aromatic carbocycles. The van der Waals surface area contributed by atoms with E-state index in [2.05, 4.69) is 21.2 Å². The minimum absolute atomic E-state index is 0.0312. The fourth-order valence-corrected chi connectivity index (χ4v) is 4.60. The molecule has 1 aliphatic rings. The molecule has 0 bridgehead atoms. The lowest BCUT2D eigenvalue weighted by atomic mass is 10.2. The molecule has 2 heterocycles. The Hall–Kier alpha value is -2.25. The maximum atomic E-state index is 13.1. The van der Waals surface area contributed by atoms with Gasteiger partial charge in [-0.3, -0.25) is 0 Å². The van der Waals surface area contributed by atoms with Gasteiger partial charge in [-0.2, -0.15) is 0 Å². The van der Waals surface area contributed by atoms with Gasteiger partial charge in [0.05, 0.1) is 11.7 Å². The molecule has 4 nitrogen and oxygen atoms in total. The molecule has 1 aromatic heterocycles. The number of amides is 2. The summed E-state index contributed by atoms with van der Waals surface area (Å²) in [6, 6.07) is 13.7. The lowest BCUT2D eigenvalue weighted by Crippen LogP contribution is -2.34. The Kier molecular flexibility index (Phi) is 5.22. The number of benzene rings is 2. The van der Waals surface area contributed by atoms with Crippen molar-refractivity contribution in [1.29, 1.82) is 0 Å². The van der Waals surface area contributed by atoms with E-state index in [1.54, 1.807) is 23.5 Å². The number of urea groups is 1. The van der Waals surface area contributed by atoms with Crippen molar-refractivity contribution in [2.24, 2.45) is 0 Å². The maximum absolute atomic E-state index is 13.1. The van der Waals surface area contributed by atoms with Crippen LogP contribution in [-0.4, -0.2) is 22.5 Å². The number of likely N-dealkylation sites (tertiary alicyclic amines) is 1. The molecule has 0 spiro atoms. The van der Waals surface area contributed by atoms with Gasteiger partial charge in [-0.05, 0) is 55.3 Å². The van der Waals surface area contributed by atoms with Gasteiger partial charge in [0.2, 0.25) is 0 Å². The Morgan fingerprint density at radius 3 is 2.85 bits per heavy atom. The van der Waals surface area contributed by atoms with Crippen LogP contribution in [0.25, 0.3) is 11.3 Å². The molecule has 27 heavy (non-hydrogen) atoms. The monoisotopic (exact) mass is 445 g/mol. The van der Waals surface area contributed by atoms with E-state index >= 15 is 0 Å². The van der Waals surface area contributed by atoms with Gasteiger partial charge in [-0.1, -0.05) is 22.0 Å². The molecule has 0 aliphatic carbocycles. The number of nitrogens with one attached hydrogen (secondary N) is 1. The Morgan fingerprint density at radius 1 is 1.26 bits per heavy atom. The molecule has 1 unspecified atom stereocenters. The number of aromatic nitrogens is 1. The highest BCUT2D eigenvalue weighted by atomic mass is 79.9. The van der Waals surface area contributed by atoms with E-state index in [0.717, 1.165) is 39.3 Å². The van der Waals surface area contributed by atoms with Gasteiger partial charge in [0, 0.05) is 27.6 Å². The summed E-state index contributed by atoms with van der Waals surface area (Å²) in [5.41, 5.74) is 2.45. The smallest absolute Gasteiger partial charge is 0.315 e. The fraction of sp³-hybridized carbons (Fsp3) is 0.200. The van der Waals surface area contributed by atoms with E-state index in [1.807, 2.05) is 34.5 Å². The molecule has 1 N–H and O–H groups in total. The molecule has 4 rings (SSSR count). The largest absolute Gasteiger partial charge is 0.322 e. The minimum Gasteiger partial charge on any atom is -0.315 e. The fourth-order valence-electron chi connectivity index (χ4n) is 3.22. The summed E-state index contributed by atoms with van der Waals surface area (Å²) < 4.78 is 14.0. The molecule has 0 radical (unpaired) electrons. The summed E-state index contributed by atoms with van der Waals surface area (Å²) in [5, 5.41) is 5.84. The van der Waals surface area contributed by atoms with Crippen LogP contribution in [0.2, 0.25) is 0 Å². The molecule has 7 heteroatoms. The first kappa shape index (κ1) is 18.1. The van der Waals surface area contributed by atoms with Crippen molar-refractivity contribution in [1.82, 2.24) is 9.88 Å². The molecule has 138 valence electrons. The van der Waals surface area contributed by atoms with Crippen LogP contribution in [0.3, 0.4) is 0 Å². The Bertz CT molecular complexity index is 960. The van der Waals surface area contributed by atoms with Crippen molar-refractivity contribution in [3.63, 3.8) is 0 Å². The van der Waals surface area contributed by atoms with Gasteiger partial charge in [0.1, 0.15) is 10.8 Å². The van der Waals surface area contributed by atoms with Crippen LogP contribution in [0.4, 0.5) is 14.9 Å². The molecule has 0 saturated carbocycles. The summed E-state index contributed by atoms with van der Waals surface area (Å²) in [5.74, 6) is -0.264. The van der Waals surface area contributed by atoms with Crippen molar-refractivity contribution in [3.8, 4) is 11.3 Å². The average Bonchev–Trinajstić information content (AvgIpc) is 3.31. The third-order valence-electron chi connectivity index (χ3n) is 4.54. The zero-order valence-corrected chi connectivity index (χ0v) is 16.8. The highest BCUT2D eigenvalue weighted by molar-refractivity contribution is 9.10. The normalized spacial score (nSPS) is 16.5. The number of thiazole rings is 1. The first-order valence-electron chi connectivity index (χ1n) is 8.65. The molecule has 2 amide bonds. The molecule has 1 saturated heterocycles. The second-order valence-electron chi connectivity index (χ2n) is 6.37. The van der Waals surface area contributed by atoms with E-state index in [9.17, 15) is 9.18 Å². The van der Waals surface area contributed by atoms with E-state index in [-0.39, 0.29) is 17.9 Å². The third kappa shape index (κ3) is 4.04. The van der Waals surface area contributed by atoms with Gasteiger partial charge >= 0.3 is 6.03 Å². The molecular formula is C20H17BrFN3OS. The zero-order valence-electron chi connectivity index (χ0n) is 14.4. The number of nitrogens with zero attached hydrogens (tertiary/aromatic N) is 2. The number of hydrogen-bond acceptors (Lipinski definition) is 3. The van der Waals surface area contributed by atoms with E-state index in [0.29, 0.717) is 6.54 Å². The summed E-state index contributed by atoms with van der Waals surface area (Å²) in [6.45, 7) is 0.704. The lowest BCUT2D eigenvalue weighted by molar-refractivity contribution is 0.207. The van der Waals surface area contributed by atoms with Crippen LogP contribution < -0.4 is 5.32 Å². The second-order valence-corrected chi connectivity index (χ2v) is 8.18. The quantitative estimate of drug-likeness (QED) is 0.530. The Labute approximate surface area is 169 Å². The topological polar surface area (TPSA) is 45.2 Å². The summed E-state index contributed by atoms with van der Waals surface area (Å²) in [6.07, 6.45) is 1.84. The van der Waals surface area contributed by atoms with Gasteiger partial charge in [0.15, 0.2) is 0 Å². The number of carbonyl (C=O) groups excluding carboxylic acids is 1. The Balaban J connectivity index is 1.51. The predicted molar refractivity (Wildman–Crippen MR) is 109 cm³/mol. The van der Waals surface area contributed by atoms with Crippen molar-refractivity contribution in [3.05, 3.63) is 69.2 Å². The van der Waals surface area contributed by atoms with Gasteiger partial charge < -0.3 is 10.2 Å². The number of rotatable bonds is 3. The van der Waals surface area contributed by atoms with Crippen LogP contribution in [0.1, 0.15) is 23.9 Å². The minimum atomic E-state index is -0.264. The Morgan fingerprint density at radius 2 is 2.07 bits per heavy atom. The molecule has 1 fully saturated rings. The van der Waals surface area contributed by atoms with E-state index < -0.39 is 0 Å². The first-order chi connectivity index (χ1) is 13.1. The van der Waals surface area contributed by atoms with Crippen molar-refractivity contribution < 1.29 is 9.18 Å². The number of halogens is 2. The van der Waals surface area contributed by atoms with E-state index in [4.69, 9.17) is 4.98 Å². The van der Waals surface area contributed by atoms with Gasteiger partial charge in [-0.25, -0.2) is 14.2 Å². The van der Waals surface area contributed by atoms with Crippen LogP contribution >= 0.6 is 27.3 Å². The van der Waals surface area contributed by atoms with Crippen molar-refractivity contribution in [2.75, 3.05) is 11.9 Å². The molecule has 3 aromatic rings. The standard InChI is InChI=1S/C20H17BrFN3OS/c21-14-3-1-4-16(11-14)23-20(26)25-10-2-5-18(25)19-24-17(12-27-19)13-6-8-15(22)9-7-13/h1,3-4,6-9,11-12,18H,2,5,10H2,(H,23,26). The van der Waals surface area contributed by atoms with Gasteiger partial charge in [0.25, 0.3) is 0 Å². The third-order valence-corrected chi connectivity index (χ3v) is 5.98. The summed E-state index contributed by atoms with van der Waals surface area (Å²) >= 11 is 4.96. The number of anilines is 1. The van der Waals surface area contributed by atoms with Crippen LogP contribution in [-0.2, 0) is 0 Å². The van der Waals surface area contributed by atoms with Gasteiger partial charge in [-0.15, -0.1) is 11.3 Å². The van der Waals surface area contributed by atoms with Crippen molar-refractivity contribution in [2.45, 2.75) is 18.9 Å². The van der Waals surface area contributed by atoms with Crippen LogP contribution in [0.15, 0.2) is 58.4 Å². The SMILES string of the molecule is O=C(Nc1cccc(Br)c1)N1CCCC1c1nc(-c2ccc(F)cc2)cs1. The maximum Gasteiger partial charge on any atom is 0.322 e. The second kappa shape index (κ2) is 7.78. The zero-order chi connectivity index (χ0) is 18.8. The lowest BCUT2D eigenvalue weighted by Gasteiger charge is -2.23. The number of hydrogen-bond donors (Lipinski definition) is 1. The predicted octanol–water partition coefficient (Wildman–Crippen LogP) is 6.08.